The molecule has 14 heavy (non-hydrogen) atoms. The van der Waals surface area contributed by atoms with Gasteiger partial charge in [-0.1, -0.05) is 11.6 Å². The van der Waals surface area contributed by atoms with Crippen LogP contribution < -0.4 is 0 Å². The van der Waals surface area contributed by atoms with Gasteiger partial charge in [0, 0.05) is 15.8 Å². The van der Waals surface area contributed by atoms with Crippen LogP contribution in [-0.4, -0.2) is 16.1 Å². The van der Waals surface area contributed by atoms with Gasteiger partial charge in [0.05, 0.1) is 0 Å². The Morgan fingerprint density at radius 1 is 1.57 bits per heavy atom. The normalized spacial score (nSPS) is 10.7. The fourth-order valence-corrected chi connectivity index (χ4v) is 2.56. The molecule has 2 rings (SSSR count). The molecule has 0 fully saturated rings. The Morgan fingerprint density at radius 3 is 2.93 bits per heavy atom. The first-order valence-electron chi connectivity index (χ1n) is 3.88. The molecule has 0 aliphatic rings. The summed E-state index contributed by atoms with van der Waals surface area (Å²) in [4.78, 5) is 15.1. The van der Waals surface area contributed by atoms with Crippen molar-refractivity contribution in [3.63, 3.8) is 0 Å². The zero-order valence-corrected chi connectivity index (χ0v) is 8.82. The van der Waals surface area contributed by atoms with E-state index < -0.39 is 5.97 Å². The molecular formula is C9H6ClNO2S. The van der Waals surface area contributed by atoms with Crippen LogP contribution in [0.5, 0.6) is 0 Å². The molecular weight excluding hydrogens is 222 g/mol. The van der Waals surface area contributed by atoms with Gasteiger partial charge in [-0.25, -0.2) is 9.78 Å². The molecule has 3 nitrogen and oxygen atoms in total. The average Bonchev–Trinajstić information content (AvgIpc) is 2.47. The van der Waals surface area contributed by atoms with Crippen LogP contribution >= 0.6 is 22.9 Å². The van der Waals surface area contributed by atoms with Crippen molar-refractivity contribution in [2.45, 2.75) is 6.92 Å². The highest BCUT2D eigenvalue weighted by molar-refractivity contribution is 7.20. The van der Waals surface area contributed by atoms with E-state index >= 15 is 0 Å². The fourth-order valence-electron chi connectivity index (χ4n) is 1.22. The largest absolute Gasteiger partial charge is 0.477 e. The second kappa shape index (κ2) is 3.22. The molecule has 2 aromatic rings. The minimum atomic E-state index is -0.931. The maximum absolute atomic E-state index is 10.7. The molecule has 0 aromatic carbocycles. The maximum atomic E-state index is 10.7. The standard InChI is InChI=1S/C9H6ClNO2S/c1-4-2-6-5(8(10)11-4)3-7(14-6)9(12)13/h2-3H,1H3,(H,12,13). The number of thiophene rings is 1. The lowest BCUT2D eigenvalue weighted by molar-refractivity contribution is 0.0702. The first-order chi connectivity index (χ1) is 6.58. The molecule has 0 bridgehead atoms. The Morgan fingerprint density at radius 2 is 2.29 bits per heavy atom. The average molecular weight is 228 g/mol. The first kappa shape index (κ1) is 9.43. The van der Waals surface area contributed by atoms with Crippen LogP contribution in [0.3, 0.4) is 0 Å². The van der Waals surface area contributed by atoms with Gasteiger partial charge in [0.25, 0.3) is 0 Å². The number of carboxylic acids is 1. The van der Waals surface area contributed by atoms with Gasteiger partial charge >= 0.3 is 5.97 Å². The zero-order chi connectivity index (χ0) is 10.3. The number of aryl methyl sites for hydroxylation is 1. The smallest absolute Gasteiger partial charge is 0.345 e. The van der Waals surface area contributed by atoms with Gasteiger partial charge in [-0.2, -0.15) is 0 Å². The predicted octanol–water partition coefficient (Wildman–Crippen LogP) is 2.96. The Bertz CT molecular complexity index is 521. The lowest BCUT2D eigenvalue weighted by Crippen LogP contribution is -1.89. The molecule has 2 aromatic heterocycles. The minimum absolute atomic E-state index is 0.286. The van der Waals surface area contributed by atoms with Crippen LogP contribution in [0.2, 0.25) is 5.15 Å². The van der Waals surface area contributed by atoms with Crippen molar-refractivity contribution in [1.29, 1.82) is 0 Å². The van der Waals surface area contributed by atoms with E-state index in [-0.39, 0.29) is 4.88 Å². The summed E-state index contributed by atoms with van der Waals surface area (Å²) < 4.78 is 0.861. The zero-order valence-electron chi connectivity index (χ0n) is 7.24. The molecule has 0 amide bonds. The summed E-state index contributed by atoms with van der Waals surface area (Å²) in [6, 6.07) is 3.38. The number of hydrogen-bond acceptors (Lipinski definition) is 3. The Hall–Kier alpha value is -1.13. The van der Waals surface area contributed by atoms with Gasteiger partial charge < -0.3 is 5.11 Å². The highest BCUT2D eigenvalue weighted by Gasteiger charge is 2.11. The van der Waals surface area contributed by atoms with E-state index in [1.54, 1.807) is 6.07 Å². The van der Waals surface area contributed by atoms with Crippen molar-refractivity contribution in [1.82, 2.24) is 4.98 Å². The summed E-state index contributed by atoms with van der Waals surface area (Å²) in [6.45, 7) is 1.82. The van der Waals surface area contributed by atoms with Crippen molar-refractivity contribution in [3.05, 3.63) is 27.9 Å². The summed E-state index contributed by atoms with van der Waals surface area (Å²) in [6.07, 6.45) is 0. The molecule has 72 valence electrons. The van der Waals surface area contributed by atoms with E-state index in [4.69, 9.17) is 16.7 Å². The lowest BCUT2D eigenvalue weighted by Gasteiger charge is -1.94. The molecule has 0 aliphatic carbocycles. The maximum Gasteiger partial charge on any atom is 0.345 e. The molecule has 5 heteroatoms. The van der Waals surface area contributed by atoms with Crippen molar-refractivity contribution in [2.75, 3.05) is 0 Å². The van der Waals surface area contributed by atoms with E-state index in [1.807, 2.05) is 13.0 Å². The highest BCUT2D eigenvalue weighted by Crippen LogP contribution is 2.30. The van der Waals surface area contributed by atoms with Gasteiger partial charge in [0.1, 0.15) is 10.0 Å². The van der Waals surface area contributed by atoms with Crippen LogP contribution in [0.1, 0.15) is 15.4 Å². The third-order valence-electron chi connectivity index (χ3n) is 1.81. The SMILES string of the molecule is Cc1cc2sc(C(=O)O)cc2c(Cl)n1. The molecule has 1 N–H and O–H groups in total. The van der Waals surface area contributed by atoms with Crippen molar-refractivity contribution in [2.24, 2.45) is 0 Å². The molecule has 2 heterocycles. The summed E-state index contributed by atoms with van der Waals surface area (Å²) in [7, 11) is 0. The van der Waals surface area contributed by atoms with Gasteiger partial charge in [-0.05, 0) is 19.1 Å². The van der Waals surface area contributed by atoms with Crippen LogP contribution in [0.15, 0.2) is 12.1 Å². The number of aromatic nitrogens is 1. The summed E-state index contributed by atoms with van der Waals surface area (Å²) in [5.41, 5.74) is 0.793. The summed E-state index contributed by atoms with van der Waals surface area (Å²) in [5.74, 6) is -0.931. The number of carboxylic acid groups (broad SMARTS) is 1. The van der Waals surface area contributed by atoms with Gasteiger partial charge in [0.15, 0.2) is 0 Å². The predicted molar refractivity (Wildman–Crippen MR) is 56.3 cm³/mol. The van der Waals surface area contributed by atoms with E-state index in [0.29, 0.717) is 10.5 Å². The second-order valence-corrected chi connectivity index (χ2v) is 4.32. The lowest BCUT2D eigenvalue weighted by atomic mass is 10.3. The molecule has 0 saturated carbocycles. The highest BCUT2D eigenvalue weighted by atomic mass is 35.5. The number of fused-ring (bicyclic) bond motifs is 1. The molecule has 0 radical (unpaired) electrons. The summed E-state index contributed by atoms with van der Waals surface area (Å²) >= 11 is 7.09. The number of pyridine rings is 1. The Kier molecular flexibility index (Phi) is 2.17. The van der Waals surface area contributed by atoms with E-state index in [0.717, 1.165) is 10.4 Å². The minimum Gasteiger partial charge on any atom is -0.477 e. The van der Waals surface area contributed by atoms with Crippen LogP contribution in [0.25, 0.3) is 10.1 Å². The Labute approximate surface area is 89.0 Å². The van der Waals surface area contributed by atoms with E-state index in [1.165, 1.54) is 11.3 Å². The van der Waals surface area contributed by atoms with Gasteiger partial charge in [-0.15, -0.1) is 11.3 Å². The first-order valence-corrected chi connectivity index (χ1v) is 5.07. The van der Waals surface area contributed by atoms with Gasteiger partial charge in [0.2, 0.25) is 0 Å². The van der Waals surface area contributed by atoms with Gasteiger partial charge in [-0.3, -0.25) is 0 Å². The van der Waals surface area contributed by atoms with Crippen LogP contribution in [0, 0.1) is 6.92 Å². The molecule has 0 unspecified atom stereocenters. The fraction of sp³-hybridized carbons (Fsp3) is 0.111. The second-order valence-electron chi connectivity index (χ2n) is 2.88. The monoisotopic (exact) mass is 227 g/mol. The number of carbonyl (C=O) groups is 1. The van der Waals surface area contributed by atoms with Crippen molar-refractivity contribution >= 4 is 39.0 Å². The molecule has 0 saturated heterocycles. The van der Waals surface area contributed by atoms with E-state index in [2.05, 4.69) is 4.98 Å². The number of halogens is 1. The summed E-state index contributed by atoms with van der Waals surface area (Å²) in [5, 5.41) is 9.87. The number of nitrogens with zero attached hydrogens (tertiary/aromatic N) is 1. The Balaban J connectivity index is 2.76. The van der Waals surface area contributed by atoms with Crippen LogP contribution in [-0.2, 0) is 0 Å². The van der Waals surface area contributed by atoms with E-state index in [9.17, 15) is 4.79 Å². The van der Waals surface area contributed by atoms with Crippen molar-refractivity contribution in [3.8, 4) is 0 Å². The third kappa shape index (κ3) is 1.47. The topological polar surface area (TPSA) is 50.2 Å². The molecule has 0 spiro atoms. The van der Waals surface area contributed by atoms with Crippen LogP contribution in [0.4, 0.5) is 0 Å². The third-order valence-corrected chi connectivity index (χ3v) is 3.17. The molecule has 0 atom stereocenters. The molecule has 0 aliphatic heterocycles. The number of aromatic carboxylic acids is 1. The number of rotatable bonds is 1. The quantitative estimate of drug-likeness (QED) is 0.762. The van der Waals surface area contributed by atoms with Crippen molar-refractivity contribution < 1.29 is 9.90 Å². The number of hydrogen-bond donors (Lipinski definition) is 1.